The van der Waals surface area contributed by atoms with Gasteiger partial charge in [0.15, 0.2) is 0 Å². The Hall–Kier alpha value is -2.21. The predicted octanol–water partition coefficient (Wildman–Crippen LogP) is 1.97. The molecule has 1 aromatic carbocycles. The van der Waals surface area contributed by atoms with Crippen molar-refractivity contribution in [2.24, 2.45) is 7.05 Å². The van der Waals surface area contributed by atoms with E-state index >= 15 is 0 Å². The number of hydrogen-bond acceptors (Lipinski definition) is 4. The minimum Gasteiger partial charge on any atom is -0.312 e. The maximum atomic E-state index is 10.9. The summed E-state index contributed by atoms with van der Waals surface area (Å²) in [5, 5.41) is 18.3. The van der Waals surface area contributed by atoms with Crippen LogP contribution in [0.2, 0.25) is 0 Å². The fraction of sp³-hybridized carbons (Fsp3) is 0.357. The Morgan fingerprint density at radius 2 is 2.20 bits per heavy atom. The van der Waals surface area contributed by atoms with Crippen LogP contribution in [0.3, 0.4) is 0 Å². The number of hydrogen-bond donors (Lipinski definition) is 1. The van der Waals surface area contributed by atoms with Crippen LogP contribution in [-0.2, 0) is 20.0 Å². The van der Waals surface area contributed by atoms with Crippen molar-refractivity contribution >= 4 is 5.69 Å². The second-order valence-electron chi connectivity index (χ2n) is 4.75. The third-order valence-corrected chi connectivity index (χ3v) is 3.28. The zero-order valence-corrected chi connectivity index (χ0v) is 11.7. The van der Waals surface area contributed by atoms with Crippen molar-refractivity contribution in [3.05, 3.63) is 57.4 Å². The molecule has 0 saturated carbocycles. The SMILES string of the molecule is Cc1ccc(CNCCc2ccnn2C)cc1[N+](=O)[O-]. The summed E-state index contributed by atoms with van der Waals surface area (Å²) in [6, 6.07) is 7.32. The molecule has 1 heterocycles. The van der Waals surface area contributed by atoms with E-state index in [1.165, 1.54) is 0 Å². The fourth-order valence-electron chi connectivity index (χ4n) is 2.06. The molecule has 0 bridgehead atoms. The van der Waals surface area contributed by atoms with Crippen LogP contribution in [0.1, 0.15) is 16.8 Å². The van der Waals surface area contributed by atoms with E-state index in [9.17, 15) is 10.1 Å². The van der Waals surface area contributed by atoms with Crippen LogP contribution in [0.15, 0.2) is 30.5 Å². The summed E-state index contributed by atoms with van der Waals surface area (Å²) in [7, 11) is 1.92. The van der Waals surface area contributed by atoms with Gasteiger partial charge in [0.25, 0.3) is 5.69 Å². The van der Waals surface area contributed by atoms with Crippen molar-refractivity contribution in [3.63, 3.8) is 0 Å². The normalized spacial score (nSPS) is 10.7. The molecule has 0 fully saturated rings. The minimum atomic E-state index is -0.339. The van der Waals surface area contributed by atoms with Crippen molar-refractivity contribution in [1.29, 1.82) is 0 Å². The molecule has 1 aromatic heterocycles. The van der Waals surface area contributed by atoms with Crippen LogP contribution in [0.4, 0.5) is 5.69 Å². The van der Waals surface area contributed by atoms with Crippen LogP contribution < -0.4 is 5.32 Å². The monoisotopic (exact) mass is 274 g/mol. The highest BCUT2D eigenvalue weighted by Gasteiger charge is 2.10. The highest BCUT2D eigenvalue weighted by Crippen LogP contribution is 2.19. The van der Waals surface area contributed by atoms with Crippen molar-refractivity contribution in [2.45, 2.75) is 19.9 Å². The average molecular weight is 274 g/mol. The molecule has 0 spiro atoms. The Morgan fingerprint density at radius 1 is 1.40 bits per heavy atom. The summed E-state index contributed by atoms with van der Waals surface area (Å²) in [6.07, 6.45) is 2.66. The number of nitro benzene ring substituents is 1. The Morgan fingerprint density at radius 3 is 2.85 bits per heavy atom. The maximum absolute atomic E-state index is 10.9. The molecule has 20 heavy (non-hydrogen) atoms. The van der Waals surface area contributed by atoms with Gasteiger partial charge in [-0.05, 0) is 18.6 Å². The number of nitro groups is 1. The zero-order chi connectivity index (χ0) is 14.5. The van der Waals surface area contributed by atoms with Crippen LogP contribution in [0.25, 0.3) is 0 Å². The number of aryl methyl sites for hydroxylation is 2. The smallest absolute Gasteiger partial charge is 0.272 e. The van der Waals surface area contributed by atoms with E-state index < -0.39 is 0 Å². The van der Waals surface area contributed by atoms with Gasteiger partial charge in [0.2, 0.25) is 0 Å². The van der Waals surface area contributed by atoms with Crippen LogP contribution in [-0.4, -0.2) is 21.2 Å². The molecular formula is C14H18N4O2. The average Bonchev–Trinajstić information content (AvgIpc) is 2.82. The van der Waals surface area contributed by atoms with Crippen molar-refractivity contribution in [3.8, 4) is 0 Å². The molecule has 0 aliphatic rings. The first kappa shape index (κ1) is 14.2. The molecule has 0 atom stereocenters. The van der Waals surface area contributed by atoms with Gasteiger partial charge in [-0.3, -0.25) is 14.8 Å². The molecule has 2 aromatic rings. The first-order valence-corrected chi connectivity index (χ1v) is 6.49. The standard InChI is InChI=1S/C14H18N4O2/c1-11-3-4-12(9-14(11)18(19)20)10-15-7-5-13-6-8-16-17(13)2/h3-4,6,8-9,15H,5,7,10H2,1-2H3. The first-order chi connectivity index (χ1) is 9.58. The van der Waals surface area contributed by atoms with E-state index in [1.807, 2.05) is 23.9 Å². The highest BCUT2D eigenvalue weighted by atomic mass is 16.6. The van der Waals surface area contributed by atoms with E-state index in [2.05, 4.69) is 10.4 Å². The van der Waals surface area contributed by atoms with E-state index in [4.69, 9.17) is 0 Å². The van der Waals surface area contributed by atoms with Crippen molar-refractivity contribution in [2.75, 3.05) is 6.54 Å². The van der Waals surface area contributed by atoms with Gasteiger partial charge in [-0.15, -0.1) is 0 Å². The molecule has 6 nitrogen and oxygen atoms in total. The highest BCUT2D eigenvalue weighted by molar-refractivity contribution is 5.42. The van der Waals surface area contributed by atoms with E-state index in [0.29, 0.717) is 12.1 Å². The van der Waals surface area contributed by atoms with Gasteiger partial charge in [0.05, 0.1) is 4.92 Å². The fourth-order valence-corrected chi connectivity index (χ4v) is 2.06. The van der Waals surface area contributed by atoms with E-state index in [1.54, 1.807) is 25.3 Å². The van der Waals surface area contributed by atoms with E-state index in [-0.39, 0.29) is 10.6 Å². The Balaban J connectivity index is 1.87. The van der Waals surface area contributed by atoms with Gasteiger partial charge < -0.3 is 5.32 Å². The molecule has 106 valence electrons. The third-order valence-electron chi connectivity index (χ3n) is 3.28. The quantitative estimate of drug-likeness (QED) is 0.496. The summed E-state index contributed by atoms with van der Waals surface area (Å²) in [5.41, 5.74) is 2.95. The second kappa shape index (κ2) is 6.29. The molecule has 6 heteroatoms. The summed E-state index contributed by atoms with van der Waals surface area (Å²) in [5.74, 6) is 0. The van der Waals surface area contributed by atoms with Crippen molar-refractivity contribution < 1.29 is 4.92 Å². The summed E-state index contributed by atoms with van der Waals surface area (Å²) in [6.45, 7) is 3.18. The number of rotatable bonds is 6. The van der Waals surface area contributed by atoms with E-state index in [0.717, 1.165) is 24.2 Å². The summed E-state index contributed by atoms with van der Waals surface area (Å²) >= 11 is 0. The molecule has 1 N–H and O–H groups in total. The van der Waals surface area contributed by atoms with Crippen LogP contribution in [0, 0.1) is 17.0 Å². The van der Waals surface area contributed by atoms with Gasteiger partial charge in [-0.2, -0.15) is 5.10 Å². The molecule has 0 saturated heterocycles. The minimum absolute atomic E-state index is 0.177. The largest absolute Gasteiger partial charge is 0.312 e. The molecule has 0 radical (unpaired) electrons. The van der Waals surface area contributed by atoms with Crippen molar-refractivity contribution in [1.82, 2.24) is 15.1 Å². The number of benzene rings is 1. The third kappa shape index (κ3) is 3.42. The van der Waals surface area contributed by atoms with Gasteiger partial charge in [-0.25, -0.2) is 0 Å². The summed E-state index contributed by atoms with van der Waals surface area (Å²) in [4.78, 5) is 10.5. The van der Waals surface area contributed by atoms with Gasteiger partial charge >= 0.3 is 0 Å². The topological polar surface area (TPSA) is 73.0 Å². The number of nitrogens with one attached hydrogen (secondary N) is 1. The molecular weight excluding hydrogens is 256 g/mol. The van der Waals surface area contributed by atoms with Crippen LogP contribution >= 0.6 is 0 Å². The first-order valence-electron chi connectivity index (χ1n) is 6.49. The lowest BCUT2D eigenvalue weighted by atomic mass is 10.1. The molecule has 0 unspecified atom stereocenters. The Kier molecular flexibility index (Phi) is 4.47. The Labute approximate surface area is 117 Å². The molecule has 0 aliphatic heterocycles. The molecule has 2 rings (SSSR count). The maximum Gasteiger partial charge on any atom is 0.272 e. The number of nitrogens with zero attached hydrogens (tertiary/aromatic N) is 3. The number of aromatic nitrogens is 2. The second-order valence-corrected chi connectivity index (χ2v) is 4.75. The molecule has 0 aliphatic carbocycles. The zero-order valence-electron chi connectivity index (χ0n) is 11.7. The van der Waals surface area contributed by atoms with Crippen LogP contribution in [0.5, 0.6) is 0 Å². The Bertz CT molecular complexity index is 607. The van der Waals surface area contributed by atoms with Gasteiger partial charge in [-0.1, -0.05) is 12.1 Å². The predicted molar refractivity (Wildman–Crippen MR) is 76.5 cm³/mol. The lowest BCUT2D eigenvalue weighted by Gasteiger charge is -2.06. The van der Waals surface area contributed by atoms with Gasteiger partial charge in [0.1, 0.15) is 0 Å². The molecule has 0 amide bonds. The lowest BCUT2D eigenvalue weighted by Crippen LogP contribution is -2.18. The van der Waals surface area contributed by atoms with Gasteiger partial charge in [0, 0.05) is 50.1 Å². The summed E-state index contributed by atoms with van der Waals surface area (Å²) < 4.78 is 1.85. The lowest BCUT2D eigenvalue weighted by molar-refractivity contribution is -0.385.